The van der Waals surface area contributed by atoms with Crippen LogP contribution in [0.1, 0.15) is 10.5 Å². The van der Waals surface area contributed by atoms with Crippen LogP contribution >= 0.6 is 11.6 Å². The van der Waals surface area contributed by atoms with Crippen LogP contribution in [0.4, 0.5) is 0 Å². The number of hydrogen-bond donors (Lipinski definition) is 2. The Morgan fingerprint density at radius 2 is 1.85 bits per heavy atom. The second-order valence-corrected chi connectivity index (χ2v) is 5.72. The van der Waals surface area contributed by atoms with E-state index in [1.165, 1.54) is 42.9 Å². The van der Waals surface area contributed by atoms with Crippen molar-refractivity contribution in [1.82, 2.24) is 20.2 Å². The van der Waals surface area contributed by atoms with Gasteiger partial charge in [-0.1, -0.05) is 11.6 Å². The van der Waals surface area contributed by atoms with E-state index < -0.39 is 15.9 Å². The summed E-state index contributed by atoms with van der Waals surface area (Å²) in [6.07, 6.45) is 3.93. The van der Waals surface area contributed by atoms with Gasteiger partial charge < -0.3 is 0 Å². The Morgan fingerprint density at radius 1 is 1.15 bits per heavy atom. The number of hydrazine groups is 1. The third kappa shape index (κ3) is 3.50. The predicted octanol–water partition coefficient (Wildman–Crippen LogP) is 0.753. The quantitative estimate of drug-likeness (QED) is 0.811. The second kappa shape index (κ2) is 5.95. The molecule has 20 heavy (non-hydrogen) atoms. The first kappa shape index (κ1) is 14.4. The maximum atomic E-state index is 11.9. The fourth-order valence-corrected chi connectivity index (χ4v) is 2.23. The summed E-state index contributed by atoms with van der Waals surface area (Å²) in [5.41, 5.74) is 2.03. The van der Waals surface area contributed by atoms with Crippen LogP contribution in [0, 0.1) is 0 Å². The molecule has 0 spiro atoms. The Hall–Kier alpha value is -2.03. The van der Waals surface area contributed by atoms with E-state index in [-0.39, 0.29) is 10.6 Å². The van der Waals surface area contributed by atoms with Gasteiger partial charge in [0.1, 0.15) is 5.69 Å². The lowest BCUT2D eigenvalue weighted by atomic mass is 10.4. The summed E-state index contributed by atoms with van der Waals surface area (Å²) < 4.78 is 23.7. The predicted molar refractivity (Wildman–Crippen MR) is 71.3 cm³/mol. The van der Waals surface area contributed by atoms with Gasteiger partial charge in [0.15, 0.2) is 0 Å². The van der Waals surface area contributed by atoms with Gasteiger partial charge in [-0.2, -0.15) is 0 Å². The highest BCUT2D eigenvalue weighted by Crippen LogP contribution is 2.13. The van der Waals surface area contributed by atoms with Gasteiger partial charge in [0.25, 0.3) is 15.9 Å². The molecule has 0 bridgehead atoms. The van der Waals surface area contributed by atoms with Gasteiger partial charge in [-0.25, -0.2) is 13.4 Å². The lowest BCUT2D eigenvalue weighted by Gasteiger charge is -2.07. The highest BCUT2D eigenvalue weighted by molar-refractivity contribution is 7.89. The molecule has 1 heterocycles. The van der Waals surface area contributed by atoms with Gasteiger partial charge in [-0.15, -0.1) is 4.83 Å². The van der Waals surface area contributed by atoms with Crippen molar-refractivity contribution in [3.05, 3.63) is 53.6 Å². The zero-order valence-corrected chi connectivity index (χ0v) is 11.5. The van der Waals surface area contributed by atoms with Crippen molar-refractivity contribution < 1.29 is 13.2 Å². The lowest BCUT2D eigenvalue weighted by molar-refractivity contribution is 0.0939. The molecule has 0 radical (unpaired) electrons. The molecule has 104 valence electrons. The number of amides is 1. The van der Waals surface area contributed by atoms with Crippen molar-refractivity contribution in [2.24, 2.45) is 0 Å². The zero-order chi connectivity index (χ0) is 14.6. The molecule has 0 aliphatic carbocycles. The third-order valence-electron chi connectivity index (χ3n) is 2.22. The number of sulfonamides is 1. The fourth-order valence-electron chi connectivity index (χ4n) is 1.27. The largest absolute Gasteiger partial charge is 0.286 e. The monoisotopic (exact) mass is 312 g/mol. The standard InChI is InChI=1S/C11H9ClN4O3S/c12-8-1-3-9(4-2-8)20(18,19)16-15-11(17)10-7-13-5-6-14-10/h1-7,16H,(H,15,17). The van der Waals surface area contributed by atoms with Crippen LogP contribution in [0.3, 0.4) is 0 Å². The Labute approximate surface area is 120 Å². The van der Waals surface area contributed by atoms with Gasteiger partial charge in [0.2, 0.25) is 0 Å². The van der Waals surface area contributed by atoms with Crippen molar-refractivity contribution >= 4 is 27.5 Å². The number of nitrogens with one attached hydrogen (secondary N) is 2. The number of halogens is 1. The fraction of sp³-hybridized carbons (Fsp3) is 0. The van der Waals surface area contributed by atoms with E-state index in [9.17, 15) is 13.2 Å². The zero-order valence-electron chi connectivity index (χ0n) is 9.95. The van der Waals surface area contributed by atoms with Crippen molar-refractivity contribution in [1.29, 1.82) is 0 Å². The molecule has 7 nitrogen and oxygen atoms in total. The van der Waals surface area contributed by atoms with Crippen LogP contribution < -0.4 is 10.3 Å². The normalized spacial score (nSPS) is 11.1. The van der Waals surface area contributed by atoms with Crippen molar-refractivity contribution in [3.8, 4) is 0 Å². The Kier molecular flexibility index (Phi) is 4.28. The molecule has 0 saturated heterocycles. The number of hydrogen-bond acceptors (Lipinski definition) is 5. The van der Waals surface area contributed by atoms with Crippen LogP contribution in [0.5, 0.6) is 0 Å². The van der Waals surface area contributed by atoms with Crippen molar-refractivity contribution in [2.75, 3.05) is 0 Å². The molecule has 1 aromatic heterocycles. The topological polar surface area (TPSA) is 101 Å². The first-order valence-corrected chi connectivity index (χ1v) is 7.19. The summed E-state index contributed by atoms with van der Waals surface area (Å²) in [7, 11) is -3.87. The molecule has 0 fully saturated rings. The highest BCUT2D eigenvalue weighted by Gasteiger charge is 2.16. The van der Waals surface area contributed by atoms with Gasteiger partial charge >= 0.3 is 0 Å². The second-order valence-electron chi connectivity index (χ2n) is 3.60. The number of rotatable bonds is 4. The number of nitrogens with zero attached hydrogens (tertiary/aromatic N) is 2. The van der Waals surface area contributed by atoms with Crippen LogP contribution in [0.2, 0.25) is 5.02 Å². The first-order chi connectivity index (χ1) is 9.49. The number of carbonyl (C=O) groups excluding carboxylic acids is 1. The van der Waals surface area contributed by atoms with Crippen LogP contribution in [-0.2, 0) is 10.0 Å². The minimum atomic E-state index is -3.87. The summed E-state index contributed by atoms with van der Waals surface area (Å²) in [4.78, 5) is 21.0. The third-order valence-corrected chi connectivity index (χ3v) is 3.73. The molecule has 0 aliphatic rings. The lowest BCUT2D eigenvalue weighted by Crippen LogP contribution is -2.41. The van der Waals surface area contributed by atoms with Crippen LogP contribution in [0.15, 0.2) is 47.8 Å². The summed E-state index contributed by atoms with van der Waals surface area (Å²) in [6, 6.07) is 5.50. The minimum Gasteiger partial charge on any atom is -0.272 e. The molecule has 9 heteroatoms. The average molecular weight is 313 g/mol. The molecule has 1 aromatic carbocycles. The van der Waals surface area contributed by atoms with Crippen molar-refractivity contribution in [2.45, 2.75) is 4.90 Å². The van der Waals surface area contributed by atoms with E-state index in [0.717, 1.165) is 0 Å². The Morgan fingerprint density at radius 3 is 2.45 bits per heavy atom. The van der Waals surface area contributed by atoms with E-state index in [1.807, 2.05) is 10.3 Å². The molecule has 0 saturated carbocycles. The molecule has 2 aromatic rings. The van der Waals surface area contributed by atoms with E-state index in [2.05, 4.69) is 9.97 Å². The molecule has 2 rings (SSSR count). The van der Waals surface area contributed by atoms with Crippen LogP contribution in [-0.4, -0.2) is 24.3 Å². The Balaban J connectivity index is 2.06. The maximum Gasteiger partial charge on any atom is 0.286 e. The van der Waals surface area contributed by atoms with E-state index in [1.54, 1.807) is 0 Å². The average Bonchev–Trinajstić information content (AvgIpc) is 2.46. The van der Waals surface area contributed by atoms with Crippen molar-refractivity contribution in [3.63, 3.8) is 0 Å². The van der Waals surface area contributed by atoms with E-state index in [0.29, 0.717) is 5.02 Å². The summed E-state index contributed by atoms with van der Waals surface area (Å²) in [6.45, 7) is 0. The summed E-state index contributed by atoms with van der Waals surface area (Å²) in [5, 5.41) is 0.410. The van der Waals surface area contributed by atoms with Gasteiger partial charge in [-0.05, 0) is 24.3 Å². The summed E-state index contributed by atoms with van der Waals surface area (Å²) >= 11 is 5.67. The van der Waals surface area contributed by atoms with Gasteiger partial charge in [0, 0.05) is 17.4 Å². The molecule has 0 aliphatic heterocycles. The van der Waals surface area contributed by atoms with E-state index >= 15 is 0 Å². The molecule has 2 N–H and O–H groups in total. The van der Waals surface area contributed by atoms with Crippen LogP contribution in [0.25, 0.3) is 0 Å². The smallest absolute Gasteiger partial charge is 0.272 e. The molecule has 1 amide bonds. The number of aromatic nitrogens is 2. The highest BCUT2D eigenvalue weighted by atomic mass is 35.5. The maximum absolute atomic E-state index is 11.9. The number of benzene rings is 1. The van der Waals surface area contributed by atoms with E-state index in [4.69, 9.17) is 11.6 Å². The van der Waals surface area contributed by atoms with Gasteiger partial charge in [0.05, 0.1) is 11.1 Å². The van der Waals surface area contributed by atoms with Gasteiger partial charge in [-0.3, -0.25) is 15.2 Å². The molecular formula is C11H9ClN4O3S. The SMILES string of the molecule is O=C(NNS(=O)(=O)c1ccc(Cl)cc1)c1cnccn1. The molecular weight excluding hydrogens is 304 g/mol. The molecule has 0 atom stereocenters. The number of carbonyl (C=O) groups is 1. The summed E-state index contributed by atoms with van der Waals surface area (Å²) in [5.74, 6) is -0.712. The minimum absolute atomic E-state index is 0.00805. The molecule has 0 unspecified atom stereocenters. The first-order valence-electron chi connectivity index (χ1n) is 5.33. The Bertz CT molecular complexity index is 704.